The highest BCUT2D eigenvalue weighted by molar-refractivity contribution is 6.13. The Kier molecular flexibility index (Phi) is 4.79. The summed E-state index contributed by atoms with van der Waals surface area (Å²) in [6.07, 6.45) is 3.29. The molecule has 0 bridgehead atoms. The van der Waals surface area contributed by atoms with Crippen LogP contribution in [0.25, 0.3) is 0 Å². The molecule has 1 saturated carbocycles. The molecule has 2 amide bonds. The van der Waals surface area contributed by atoms with Gasteiger partial charge in [0.15, 0.2) is 0 Å². The molecule has 1 unspecified atom stereocenters. The van der Waals surface area contributed by atoms with Crippen LogP contribution in [0.2, 0.25) is 0 Å². The summed E-state index contributed by atoms with van der Waals surface area (Å²) >= 11 is 0. The number of likely N-dealkylation sites (tertiary alicyclic amines) is 1. The van der Waals surface area contributed by atoms with Crippen LogP contribution in [-0.4, -0.2) is 42.9 Å². The van der Waals surface area contributed by atoms with Crippen molar-refractivity contribution in [1.82, 2.24) is 4.90 Å². The minimum atomic E-state index is -0.932. The van der Waals surface area contributed by atoms with Crippen LogP contribution >= 0.6 is 0 Å². The van der Waals surface area contributed by atoms with Gasteiger partial charge in [-0.05, 0) is 49.8 Å². The van der Waals surface area contributed by atoms with Crippen LogP contribution in [0.4, 0.5) is 5.69 Å². The van der Waals surface area contributed by atoms with Gasteiger partial charge in [-0.1, -0.05) is 13.0 Å². The van der Waals surface area contributed by atoms with Crippen molar-refractivity contribution in [3.8, 4) is 0 Å². The number of esters is 1. The maximum Gasteiger partial charge on any atom is 0.337 e. The average Bonchev–Trinajstić information content (AvgIpc) is 3.42. The fourth-order valence-corrected chi connectivity index (χ4v) is 3.43. The second-order valence-electron chi connectivity index (χ2n) is 7.11. The molecular formula is C19H24N2O4. The van der Waals surface area contributed by atoms with Crippen LogP contribution in [0.15, 0.2) is 24.3 Å². The SMILES string of the molecule is COC(=O)c1cccc(NC(=O)C2(C(=O)N3CCCC(C)C3)CC2)c1. The predicted octanol–water partition coefficient (Wildman–Crippen LogP) is 2.45. The van der Waals surface area contributed by atoms with E-state index in [2.05, 4.69) is 12.2 Å². The Morgan fingerprint density at radius 1 is 1.28 bits per heavy atom. The van der Waals surface area contributed by atoms with Crippen molar-refractivity contribution >= 4 is 23.5 Å². The highest BCUT2D eigenvalue weighted by Gasteiger charge is 2.58. The third-order valence-electron chi connectivity index (χ3n) is 5.08. The van der Waals surface area contributed by atoms with E-state index in [4.69, 9.17) is 4.74 Å². The number of carbonyl (C=O) groups is 3. The molecule has 3 rings (SSSR count). The number of anilines is 1. The number of methoxy groups -OCH3 is 1. The van der Waals surface area contributed by atoms with Crippen molar-refractivity contribution in [3.63, 3.8) is 0 Å². The van der Waals surface area contributed by atoms with E-state index in [1.165, 1.54) is 7.11 Å². The molecule has 25 heavy (non-hydrogen) atoms. The van der Waals surface area contributed by atoms with E-state index in [1.54, 1.807) is 24.3 Å². The number of nitrogens with zero attached hydrogens (tertiary/aromatic N) is 1. The summed E-state index contributed by atoms with van der Waals surface area (Å²) < 4.78 is 4.69. The van der Waals surface area contributed by atoms with Crippen molar-refractivity contribution in [2.75, 3.05) is 25.5 Å². The van der Waals surface area contributed by atoms with Crippen LogP contribution in [0.5, 0.6) is 0 Å². The normalized spacial score (nSPS) is 21.4. The third-order valence-corrected chi connectivity index (χ3v) is 5.08. The first-order chi connectivity index (χ1) is 12.0. The first-order valence-electron chi connectivity index (χ1n) is 8.75. The number of carbonyl (C=O) groups excluding carboxylic acids is 3. The van der Waals surface area contributed by atoms with Gasteiger partial charge in [0.05, 0.1) is 12.7 Å². The van der Waals surface area contributed by atoms with Crippen LogP contribution in [0.3, 0.4) is 0 Å². The molecular weight excluding hydrogens is 320 g/mol. The molecule has 1 atom stereocenters. The van der Waals surface area contributed by atoms with Crippen molar-refractivity contribution < 1.29 is 19.1 Å². The van der Waals surface area contributed by atoms with Crippen LogP contribution in [0, 0.1) is 11.3 Å². The van der Waals surface area contributed by atoms with Gasteiger partial charge in [0.1, 0.15) is 5.41 Å². The summed E-state index contributed by atoms with van der Waals surface area (Å²) in [5.74, 6) is -0.317. The zero-order valence-corrected chi connectivity index (χ0v) is 14.7. The fourth-order valence-electron chi connectivity index (χ4n) is 3.43. The van der Waals surface area contributed by atoms with Crippen molar-refractivity contribution in [1.29, 1.82) is 0 Å². The monoisotopic (exact) mass is 344 g/mol. The second-order valence-corrected chi connectivity index (χ2v) is 7.11. The molecule has 134 valence electrons. The van der Waals surface area contributed by atoms with Crippen molar-refractivity contribution in [2.24, 2.45) is 11.3 Å². The smallest absolute Gasteiger partial charge is 0.337 e. The van der Waals surface area contributed by atoms with Crippen LogP contribution < -0.4 is 5.32 Å². The minimum Gasteiger partial charge on any atom is -0.465 e. The Balaban J connectivity index is 1.70. The Morgan fingerprint density at radius 2 is 2.04 bits per heavy atom. The number of piperidine rings is 1. The first kappa shape index (κ1) is 17.5. The third kappa shape index (κ3) is 3.52. The van der Waals surface area contributed by atoms with Crippen molar-refractivity contribution in [3.05, 3.63) is 29.8 Å². The number of hydrogen-bond donors (Lipinski definition) is 1. The fraction of sp³-hybridized carbons (Fsp3) is 0.526. The van der Waals surface area contributed by atoms with Gasteiger partial charge in [-0.15, -0.1) is 0 Å². The number of nitrogens with one attached hydrogen (secondary N) is 1. The van der Waals surface area contributed by atoms with Crippen LogP contribution in [-0.2, 0) is 14.3 Å². The number of rotatable bonds is 4. The molecule has 1 aromatic carbocycles. The van der Waals surface area contributed by atoms with E-state index in [9.17, 15) is 14.4 Å². The lowest BCUT2D eigenvalue weighted by Crippen LogP contribution is -2.46. The van der Waals surface area contributed by atoms with Gasteiger partial charge in [0, 0.05) is 18.8 Å². The van der Waals surface area contributed by atoms with Crippen LogP contribution in [0.1, 0.15) is 43.0 Å². The predicted molar refractivity (Wildman–Crippen MR) is 93.1 cm³/mol. The van der Waals surface area contributed by atoms with E-state index in [0.717, 1.165) is 25.9 Å². The summed E-state index contributed by atoms with van der Waals surface area (Å²) in [7, 11) is 1.31. The maximum atomic E-state index is 12.9. The lowest BCUT2D eigenvalue weighted by molar-refractivity contribution is -0.143. The maximum absolute atomic E-state index is 12.9. The number of amides is 2. The number of ether oxygens (including phenoxy) is 1. The van der Waals surface area contributed by atoms with Gasteiger partial charge in [-0.3, -0.25) is 9.59 Å². The summed E-state index contributed by atoms with van der Waals surface area (Å²) in [6.45, 7) is 3.60. The summed E-state index contributed by atoms with van der Waals surface area (Å²) in [6, 6.07) is 6.56. The average molecular weight is 344 g/mol. The van der Waals surface area contributed by atoms with E-state index >= 15 is 0 Å². The molecule has 1 aliphatic carbocycles. The molecule has 1 saturated heterocycles. The van der Waals surface area contributed by atoms with Gasteiger partial charge in [-0.2, -0.15) is 0 Å². The van der Waals surface area contributed by atoms with E-state index < -0.39 is 11.4 Å². The summed E-state index contributed by atoms with van der Waals surface area (Å²) in [4.78, 5) is 39.1. The quantitative estimate of drug-likeness (QED) is 0.672. The molecule has 1 aromatic rings. The molecule has 1 heterocycles. The lowest BCUT2D eigenvalue weighted by atomic mass is 9.96. The highest BCUT2D eigenvalue weighted by Crippen LogP contribution is 2.48. The Labute approximate surface area is 147 Å². The molecule has 2 aliphatic rings. The van der Waals surface area contributed by atoms with Gasteiger partial charge < -0.3 is 15.0 Å². The Bertz CT molecular complexity index is 696. The molecule has 0 spiro atoms. The first-order valence-corrected chi connectivity index (χ1v) is 8.75. The minimum absolute atomic E-state index is 0.0549. The van der Waals surface area contributed by atoms with E-state index in [-0.39, 0.29) is 11.8 Å². The van der Waals surface area contributed by atoms with Gasteiger partial charge >= 0.3 is 5.97 Å². The highest BCUT2D eigenvalue weighted by atomic mass is 16.5. The Morgan fingerprint density at radius 3 is 2.68 bits per heavy atom. The molecule has 6 nitrogen and oxygen atoms in total. The van der Waals surface area contributed by atoms with E-state index in [0.29, 0.717) is 30.0 Å². The largest absolute Gasteiger partial charge is 0.465 e. The topological polar surface area (TPSA) is 75.7 Å². The number of benzene rings is 1. The second kappa shape index (κ2) is 6.86. The molecule has 0 aromatic heterocycles. The van der Waals surface area contributed by atoms with Gasteiger partial charge in [0.25, 0.3) is 0 Å². The van der Waals surface area contributed by atoms with Gasteiger partial charge in [0.2, 0.25) is 11.8 Å². The molecule has 1 N–H and O–H groups in total. The lowest BCUT2D eigenvalue weighted by Gasteiger charge is -2.33. The molecule has 0 radical (unpaired) electrons. The zero-order valence-electron chi connectivity index (χ0n) is 14.7. The molecule has 6 heteroatoms. The zero-order chi connectivity index (χ0) is 18.0. The standard InChI is InChI=1S/C19H24N2O4/c1-13-5-4-10-21(12-13)18(24)19(8-9-19)17(23)20-15-7-3-6-14(11-15)16(22)25-2/h3,6-7,11,13H,4-5,8-10,12H2,1-2H3,(H,20,23). The molecule has 2 fully saturated rings. The van der Waals surface area contributed by atoms with Crippen molar-refractivity contribution in [2.45, 2.75) is 32.6 Å². The van der Waals surface area contributed by atoms with E-state index in [1.807, 2.05) is 4.90 Å². The summed E-state index contributed by atoms with van der Waals surface area (Å²) in [5, 5.41) is 2.80. The van der Waals surface area contributed by atoms with Gasteiger partial charge in [-0.25, -0.2) is 4.79 Å². The molecule has 1 aliphatic heterocycles. The summed E-state index contributed by atoms with van der Waals surface area (Å²) in [5.41, 5.74) is -0.0708. The number of hydrogen-bond acceptors (Lipinski definition) is 4. The Hall–Kier alpha value is -2.37.